The number of hydrogen-bond acceptors (Lipinski definition) is 3. The molecule has 0 aromatic rings. The van der Waals surface area contributed by atoms with E-state index < -0.39 is 0 Å². The highest BCUT2D eigenvalue weighted by molar-refractivity contribution is 4.64. The summed E-state index contributed by atoms with van der Waals surface area (Å²) in [6.07, 6.45) is 6.38. The lowest BCUT2D eigenvalue weighted by atomic mass is 10.2. The molecule has 0 heterocycles. The van der Waals surface area contributed by atoms with E-state index in [1.54, 1.807) is 0 Å². The quantitative estimate of drug-likeness (QED) is 0.491. The Morgan fingerprint density at radius 2 is 1.63 bits per heavy atom. The molecule has 0 bridgehead atoms. The maximum Gasteiger partial charge on any atom is 0.0590 e. The molecule has 1 N–H and O–H groups in total. The summed E-state index contributed by atoms with van der Waals surface area (Å²) in [5.41, 5.74) is 0. The van der Waals surface area contributed by atoms with Crippen LogP contribution in [0.25, 0.3) is 0 Å². The number of hydrogen-bond donors (Lipinski definition) is 1. The standard InChI is InChI=1S/C16H36N2O/c1-5-7-9-12-18(16(3)4)13-10-17-11-15-19-14-8-6-2/h16-17H,5-15H2,1-4H3. The van der Waals surface area contributed by atoms with Gasteiger partial charge in [0.1, 0.15) is 0 Å². The van der Waals surface area contributed by atoms with Crippen LogP contribution in [-0.2, 0) is 4.74 Å². The Labute approximate surface area is 121 Å². The Morgan fingerprint density at radius 1 is 0.895 bits per heavy atom. The monoisotopic (exact) mass is 272 g/mol. The molecule has 0 aliphatic heterocycles. The van der Waals surface area contributed by atoms with Crippen LogP contribution in [-0.4, -0.2) is 50.3 Å². The normalized spacial score (nSPS) is 11.7. The molecule has 0 atom stereocenters. The highest BCUT2D eigenvalue weighted by Gasteiger charge is 2.07. The molecular weight excluding hydrogens is 236 g/mol. The zero-order chi connectivity index (χ0) is 14.3. The third-order valence-electron chi connectivity index (χ3n) is 3.42. The first-order chi connectivity index (χ1) is 9.22. The largest absolute Gasteiger partial charge is 0.380 e. The van der Waals surface area contributed by atoms with E-state index in [4.69, 9.17) is 4.74 Å². The second-order valence-corrected chi connectivity index (χ2v) is 5.55. The molecule has 0 amide bonds. The molecule has 0 rings (SSSR count). The second-order valence-electron chi connectivity index (χ2n) is 5.55. The average molecular weight is 272 g/mol. The van der Waals surface area contributed by atoms with Crippen molar-refractivity contribution in [2.75, 3.05) is 39.4 Å². The Hall–Kier alpha value is -0.120. The van der Waals surface area contributed by atoms with Crippen LogP contribution in [0.1, 0.15) is 59.8 Å². The van der Waals surface area contributed by atoms with Gasteiger partial charge in [-0.25, -0.2) is 0 Å². The van der Waals surface area contributed by atoms with E-state index >= 15 is 0 Å². The molecule has 0 aliphatic carbocycles. The third kappa shape index (κ3) is 12.6. The van der Waals surface area contributed by atoms with Gasteiger partial charge >= 0.3 is 0 Å². The lowest BCUT2D eigenvalue weighted by Crippen LogP contribution is -2.38. The van der Waals surface area contributed by atoms with Gasteiger partial charge in [0, 0.05) is 32.3 Å². The summed E-state index contributed by atoms with van der Waals surface area (Å²) < 4.78 is 5.53. The lowest BCUT2D eigenvalue weighted by Gasteiger charge is -2.26. The molecule has 0 aromatic heterocycles. The van der Waals surface area contributed by atoms with Gasteiger partial charge in [-0.05, 0) is 33.2 Å². The van der Waals surface area contributed by atoms with Gasteiger partial charge in [-0.1, -0.05) is 33.1 Å². The molecular formula is C16H36N2O. The lowest BCUT2D eigenvalue weighted by molar-refractivity contribution is 0.131. The van der Waals surface area contributed by atoms with Crippen molar-refractivity contribution in [1.82, 2.24) is 10.2 Å². The van der Waals surface area contributed by atoms with Crippen LogP contribution in [0.4, 0.5) is 0 Å². The molecule has 0 saturated carbocycles. The first-order valence-electron chi connectivity index (χ1n) is 8.24. The zero-order valence-corrected chi connectivity index (χ0v) is 13.7. The predicted molar refractivity (Wildman–Crippen MR) is 84.8 cm³/mol. The molecule has 3 nitrogen and oxygen atoms in total. The van der Waals surface area contributed by atoms with Crippen LogP contribution in [0.3, 0.4) is 0 Å². The molecule has 0 saturated heterocycles. The van der Waals surface area contributed by atoms with Gasteiger partial charge in [0.15, 0.2) is 0 Å². The van der Waals surface area contributed by atoms with Crippen molar-refractivity contribution >= 4 is 0 Å². The van der Waals surface area contributed by atoms with Gasteiger partial charge < -0.3 is 10.1 Å². The van der Waals surface area contributed by atoms with Gasteiger partial charge in [-0.3, -0.25) is 4.90 Å². The summed E-state index contributed by atoms with van der Waals surface area (Å²) in [7, 11) is 0. The maximum atomic E-state index is 5.53. The van der Waals surface area contributed by atoms with Gasteiger partial charge in [-0.15, -0.1) is 0 Å². The number of nitrogens with zero attached hydrogens (tertiary/aromatic N) is 1. The van der Waals surface area contributed by atoms with Crippen molar-refractivity contribution in [3.05, 3.63) is 0 Å². The van der Waals surface area contributed by atoms with Crippen LogP contribution >= 0.6 is 0 Å². The van der Waals surface area contributed by atoms with Crippen molar-refractivity contribution < 1.29 is 4.74 Å². The van der Waals surface area contributed by atoms with Crippen molar-refractivity contribution in [3.63, 3.8) is 0 Å². The highest BCUT2D eigenvalue weighted by atomic mass is 16.5. The van der Waals surface area contributed by atoms with Crippen LogP contribution in [0.2, 0.25) is 0 Å². The van der Waals surface area contributed by atoms with E-state index in [1.165, 1.54) is 38.6 Å². The Morgan fingerprint density at radius 3 is 2.26 bits per heavy atom. The fourth-order valence-corrected chi connectivity index (χ4v) is 2.03. The van der Waals surface area contributed by atoms with Crippen LogP contribution in [0.5, 0.6) is 0 Å². The molecule has 0 fully saturated rings. The molecule has 0 unspecified atom stereocenters. The molecule has 19 heavy (non-hydrogen) atoms. The smallest absolute Gasteiger partial charge is 0.0590 e. The minimum atomic E-state index is 0.652. The molecule has 0 radical (unpaired) electrons. The average Bonchev–Trinajstić information content (AvgIpc) is 2.39. The fourth-order valence-electron chi connectivity index (χ4n) is 2.03. The van der Waals surface area contributed by atoms with Crippen LogP contribution in [0.15, 0.2) is 0 Å². The Bertz CT molecular complexity index is 174. The highest BCUT2D eigenvalue weighted by Crippen LogP contribution is 2.02. The summed E-state index contributed by atoms with van der Waals surface area (Å²) in [4.78, 5) is 2.57. The molecule has 116 valence electrons. The Balaban J connectivity index is 3.43. The summed E-state index contributed by atoms with van der Waals surface area (Å²) in [5, 5.41) is 3.47. The van der Waals surface area contributed by atoms with Crippen molar-refractivity contribution in [2.45, 2.75) is 65.8 Å². The second kappa shape index (κ2) is 14.3. The minimum absolute atomic E-state index is 0.652. The predicted octanol–water partition coefficient (Wildman–Crippen LogP) is 3.29. The van der Waals surface area contributed by atoms with Gasteiger partial charge in [-0.2, -0.15) is 0 Å². The van der Waals surface area contributed by atoms with E-state index in [0.717, 1.165) is 32.8 Å². The molecule has 0 aliphatic rings. The summed E-state index contributed by atoms with van der Waals surface area (Å²) in [6.45, 7) is 15.2. The van der Waals surface area contributed by atoms with Crippen molar-refractivity contribution in [3.8, 4) is 0 Å². The van der Waals surface area contributed by atoms with Gasteiger partial charge in [0.25, 0.3) is 0 Å². The first kappa shape index (κ1) is 18.9. The van der Waals surface area contributed by atoms with E-state index in [2.05, 4.69) is 37.9 Å². The zero-order valence-electron chi connectivity index (χ0n) is 13.7. The number of ether oxygens (including phenoxy) is 1. The molecule has 3 heteroatoms. The van der Waals surface area contributed by atoms with Crippen molar-refractivity contribution in [2.24, 2.45) is 0 Å². The van der Waals surface area contributed by atoms with E-state index in [9.17, 15) is 0 Å². The van der Waals surface area contributed by atoms with E-state index in [-0.39, 0.29) is 0 Å². The number of nitrogens with one attached hydrogen (secondary N) is 1. The van der Waals surface area contributed by atoms with Crippen molar-refractivity contribution in [1.29, 1.82) is 0 Å². The fraction of sp³-hybridized carbons (Fsp3) is 1.00. The minimum Gasteiger partial charge on any atom is -0.380 e. The maximum absolute atomic E-state index is 5.53. The van der Waals surface area contributed by atoms with Gasteiger partial charge in [0.05, 0.1) is 6.61 Å². The summed E-state index contributed by atoms with van der Waals surface area (Å²) in [6, 6.07) is 0.652. The Kier molecular flexibility index (Phi) is 14.2. The molecule has 0 spiro atoms. The summed E-state index contributed by atoms with van der Waals surface area (Å²) in [5.74, 6) is 0. The van der Waals surface area contributed by atoms with E-state index in [1.807, 2.05) is 0 Å². The van der Waals surface area contributed by atoms with Crippen LogP contribution < -0.4 is 5.32 Å². The topological polar surface area (TPSA) is 24.5 Å². The van der Waals surface area contributed by atoms with Crippen LogP contribution in [0, 0.1) is 0 Å². The number of rotatable bonds is 14. The number of unbranched alkanes of at least 4 members (excludes halogenated alkanes) is 3. The van der Waals surface area contributed by atoms with Gasteiger partial charge in [0.2, 0.25) is 0 Å². The van der Waals surface area contributed by atoms with E-state index in [0.29, 0.717) is 6.04 Å². The first-order valence-corrected chi connectivity index (χ1v) is 8.24. The molecule has 0 aromatic carbocycles. The SMILES string of the molecule is CCCCCN(CCNCCOCCCC)C(C)C. The summed E-state index contributed by atoms with van der Waals surface area (Å²) >= 11 is 0. The third-order valence-corrected chi connectivity index (χ3v) is 3.42.